The van der Waals surface area contributed by atoms with Gasteiger partial charge in [0.2, 0.25) is 5.91 Å². The molecule has 0 saturated carbocycles. The highest BCUT2D eigenvalue weighted by molar-refractivity contribution is 6.03. The van der Waals surface area contributed by atoms with E-state index in [1.54, 1.807) is 54.7 Å². The number of nitrogens with zero attached hydrogens (tertiary/aromatic N) is 3. The number of benzene rings is 2. The number of nitrogens with one attached hydrogen (secondary N) is 2. The van der Waals surface area contributed by atoms with Crippen LogP contribution in [0.15, 0.2) is 79.1 Å². The third-order valence-corrected chi connectivity index (χ3v) is 5.10. The predicted molar refractivity (Wildman–Crippen MR) is 125 cm³/mol. The van der Waals surface area contributed by atoms with E-state index in [9.17, 15) is 9.59 Å². The van der Waals surface area contributed by atoms with E-state index in [0.29, 0.717) is 23.5 Å². The zero-order valence-corrected chi connectivity index (χ0v) is 17.7. The Morgan fingerprint density at radius 2 is 1.88 bits per heavy atom. The average molecular weight is 425 g/mol. The van der Waals surface area contributed by atoms with Crippen LogP contribution in [0.25, 0.3) is 17.0 Å². The van der Waals surface area contributed by atoms with Gasteiger partial charge in [0.15, 0.2) is 0 Å². The molecule has 0 bridgehead atoms. The Kier molecular flexibility index (Phi) is 6.36. The molecule has 2 heterocycles. The molecule has 2 N–H and O–H groups in total. The Morgan fingerprint density at radius 1 is 1.06 bits per heavy atom. The summed E-state index contributed by atoms with van der Waals surface area (Å²) < 4.78 is 0. The third kappa shape index (κ3) is 5.07. The first kappa shape index (κ1) is 21.0. The fraction of sp³-hybridized carbons (Fsp3) is 0.120. The first-order valence-corrected chi connectivity index (χ1v) is 10.3. The average Bonchev–Trinajstić information content (AvgIpc) is 3.25. The Balaban J connectivity index is 1.32. The quantitative estimate of drug-likeness (QED) is 0.439. The van der Waals surface area contributed by atoms with E-state index in [0.717, 1.165) is 22.9 Å². The molecule has 160 valence electrons. The summed E-state index contributed by atoms with van der Waals surface area (Å²) in [7, 11) is 1.78. The lowest BCUT2D eigenvalue weighted by Crippen LogP contribution is -2.28. The predicted octanol–water partition coefficient (Wildman–Crippen LogP) is 3.92. The molecule has 0 aliphatic carbocycles. The molecular formula is C25H23N5O2. The third-order valence-electron chi connectivity index (χ3n) is 5.10. The van der Waals surface area contributed by atoms with E-state index in [-0.39, 0.29) is 11.8 Å². The molecule has 7 heteroatoms. The van der Waals surface area contributed by atoms with Crippen LogP contribution in [0.1, 0.15) is 21.6 Å². The second kappa shape index (κ2) is 9.70. The maximum atomic E-state index is 12.6. The molecule has 0 fully saturated rings. The lowest BCUT2D eigenvalue weighted by atomic mass is 10.1. The molecular weight excluding hydrogens is 402 g/mol. The number of para-hydroxylation sites is 1. The number of H-pyrrole nitrogens is 1. The number of likely N-dealkylation sites (N-methyl/N-ethyl adjacent to an activating group) is 1. The largest absolute Gasteiger partial charge is 0.341 e. The zero-order valence-electron chi connectivity index (χ0n) is 17.7. The molecule has 2 aromatic heterocycles. The molecule has 0 unspecified atom stereocenters. The first-order valence-electron chi connectivity index (χ1n) is 10.3. The van der Waals surface area contributed by atoms with Crippen LogP contribution < -0.4 is 5.32 Å². The highest BCUT2D eigenvalue weighted by Gasteiger charge is 2.12. The van der Waals surface area contributed by atoms with E-state index in [2.05, 4.69) is 20.5 Å². The minimum Gasteiger partial charge on any atom is -0.341 e. The van der Waals surface area contributed by atoms with Gasteiger partial charge in [0.1, 0.15) is 0 Å². The molecule has 0 aliphatic heterocycles. The van der Waals surface area contributed by atoms with Crippen LogP contribution in [0.5, 0.6) is 0 Å². The van der Waals surface area contributed by atoms with E-state index >= 15 is 0 Å². The smallest absolute Gasteiger partial charge is 0.253 e. The molecule has 0 radical (unpaired) electrons. The summed E-state index contributed by atoms with van der Waals surface area (Å²) in [5, 5.41) is 10.9. The van der Waals surface area contributed by atoms with Crippen molar-refractivity contribution >= 4 is 34.5 Å². The van der Waals surface area contributed by atoms with Gasteiger partial charge in [-0.25, -0.2) is 0 Å². The van der Waals surface area contributed by atoms with Gasteiger partial charge in [0, 0.05) is 48.7 Å². The van der Waals surface area contributed by atoms with E-state index in [4.69, 9.17) is 0 Å². The highest BCUT2D eigenvalue weighted by atomic mass is 16.2. The fourth-order valence-corrected chi connectivity index (χ4v) is 3.31. The van der Waals surface area contributed by atoms with Crippen LogP contribution in [0.3, 0.4) is 0 Å². The number of fused-ring (bicyclic) bond motifs is 1. The van der Waals surface area contributed by atoms with Crippen LogP contribution in [-0.2, 0) is 11.2 Å². The van der Waals surface area contributed by atoms with Gasteiger partial charge in [0.05, 0.1) is 11.2 Å². The van der Waals surface area contributed by atoms with Gasteiger partial charge in [-0.15, -0.1) is 0 Å². The Labute approximate surface area is 185 Å². The summed E-state index contributed by atoms with van der Waals surface area (Å²) in [6.07, 6.45) is 7.38. The summed E-state index contributed by atoms with van der Waals surface area (Å²) >= 11 is 0. The second-order valence-corrected chi connectivity index (χ2v) is 7.39. The number of anilines is 1. The SMILES string of the molecule is CN(CCc1cccnc1)C(=O)c1ccc(NC(=O)/C=C/c2n[nH]c3ccccc23)cc1. The van der Waals surface area contributed by atoms with E-state index in [1.807, 2.05) is 36.4 Å². The number of pyridine rings is 1. The molecule has 4 aromatic rings. The number of hydrogen-bond acceptors (Lipinski definition) is 4. The van der Waals surface area contributed by atoms with Crippen LogP contribution >= 0.6 is 0 Å². The number of carbonyl (C=O) groups is 2. The molecule has 4 rings (SSSR count). The van der Waals surface area contributed by atoms with Crippen LogP contribution in [0.2, 0.25) is 0 Å². The fourth-order valence-electron chi connectivity index (χ4n) is 3.31. The summed E-state index contributed by atoms with van der Waals surface area (Å²) in [5.74, 6) is -0.346. The zero-order chi connectivity index (χ0) is 22.3. The first-order chi connectivity index (χ1) is 15.6. The van der Waals surface area contributed by atoms with Gasteiger partial charge < -0.3 is 10.2 Å². The van der Waals surface area contributed by atoms with Crippen molar-refractivity contribution in [3.05, 3.63) is 96.0 Å². The van der Waals surface area contributed by atoms with Crippen molar-refractivity contribution in [1.29, 1.82) is 0 Å². The Morgan fingerprint density at radius 3 is 2.66 bits per heavy atom. The van der Waals surface area contributed by atoms with Crippen molar-refractivity contribution < 1.29 is 9.59 Å². The number of carbonyl (C=O) groups excluding carboxylic acids is 2. The standard InChI is InChI=1S/C25H23N5O2/c1-30(16-14-18-5-4-15-26-17-18)25(32)19-8-10-20(11-9-19)27-24(31)13-12-23-21-6-2-3-7-22(21)28-29-23/h2-13,15,17H,14,16H2,1H3,(H,27,31)(H,28,29)/b13-12+. The molecule has 32 heavy (non-hydrogen) atoms. The van der Waals surface area contributed by atoms with Crippen LogP contribution in [-0.4, -0.2) is 45.5 Å². The molecule has 0 atom stereocenters. The highest BCUT2D eigenvalue weighted by Crippen LogP contribution is 2.16. The van der Waals surface area contributed by atoms with Crippen molar-refractivity contribution in [1.82, 2.24) is 20.1 Å². The van der Waals surface area contributed by atoms with Crippen molar-refractivity contribution in [3.8, 4) is 0 Å². The molecule has 0 spiro atoms. The summed E-state index contributed by atoms with van der Waals surface area (Å²) in [6.45, 7) is 0.593. The Hall–Kier alpha value is -4.26. The van der Waals surface area contributed by atoms with Crippen molar-refractivity contribution in [3.63, 3.8) is 0 Å². The van der Waals surface area contributed by atoms with Gasteiger partial charge in [0.25, 0.3) is 5.91 Å². The van der Waals surface area contributed by atoms with Crippen LogP contribution in [0.4, 0.5) is 5.69 Å². The maximum absolute atomic E-state index is 12.6. The minimum absolute atomic E-state index is 0.0722. The second-order valence-electron chi connectivity index (χ2n) is 7.39. The number of hydrogen-bond donors (Lipinski definition) is 2. The van der Waals surface area contributed by atoms with Gasteiger partial charge in [-0.2, -0.15) is 5.10 Å². The Bertz CT molecular complexity index is 1250. The van der Waals surface area contributed by atoms with Crippen molar-refractivity contribution in [2.45, 2.75) is 6.42 Å². The summed E-state index contributed by atoms with van der Waals surface area (Å²) in [6, 6.07) is 18.5. The molecule has 0 aliphatic rings. The lowest BCUT2D eigenvalue weighted by molar-refractivity contribution is -0.111. The minimum atomic E-state index is -0.273. The summed E-state index contributed by atoms with van der Waals surface area (Å²) in [5.41, 5.74) is 3.88. The summed E-state index contributed by atoms with van der Waals surface area (Å²) in [4.78, 5) is 30.7. The molecule has 7 nitrogen and oxygen atoms in total. The van der Waals surface area contributed by atoms with Crippen molar-refractivity contribution in [2.24, 2.45) is 0 Å². The number of aromatic nitrogens is 3. The van der Waals surface area contributed by atoms with Gasteiger partial charge in [-0.1, -0.05) is 24.3 Å². The van der Waals surface area contributed by atoms with Crippen molar-refractivity contribution in [2.75, 3.05) is 18.9 Å². The monoisotopic (exact) mass is 425 g/mol. The maximum Gasteiger partial charge on any atom is 0.253 e. The number of aromatic amines is 1. The lowest BCUT2D eigenvalue weighted by Gasteiger charge is -2.17. The van der Waals surface area contributed by atoms with Crippen LogP contribution in [0, 0.1) is 0 Å². The van der Waals surface area contributed by atoms with E-state index in [1.165, 1.54) is 6.08 Å². The van der Waals surface area contributed by atoms with Gasteiger partial charge in [-0.3, -0.25) is 19.7 Å². The van der Waals surface area contributed by atoms with Gasteiger partial charge >= 0.3 is 0 Å². The number of amides is 2. The molecule has 0 saturated heterocycles. The molecule has 2 amide bonds. The topological polar surface area (TPSA) is 91.0 Å². The molecule has 2 aromatic carbocycles. The van der Waals surface area contributed by atoms with Gasteiger partial charge in [-0.05, 0) is 54.5 Å². The van der Waals surface area contributed by atoms with E-state index < -0.39 is 0 Å². The normalized spacial score (nSPS) is 11.0. The number of rotatable bonds is 7.